The first-order chi connectivity index (χ1) is 10.1. The van der Waals surface area contributed by atoms with Gasteiger partial charge in [0.1, 0.15) is 4.88 Å². The number of nitrogens with zero attached hydrogens (tertiary/aromatic N) is 2. The SMILES string of the molecule is C=CCNC(=O)CN1CCN(C(=O)c2sccc2N)CC1. The Bertz CT molecular complexity index is 521. The Labute approximate surface area is 128 Å². The minimum Gasteiger partial charge on any atom is -0.397 e. The number of carbonyl (C=O) groups excluding carboxylic acids is 2. The third-order valence-corrected chi connectivity index (χ3v) is 4.28. The van der Waals surface area contributed by atoms with Crippen molar-refractivity contribution in [3.8, 4) is 0 Å². The predicted octanol–water partition coefficient (Wildman–Crippen LogP) is 0.390. The van der Waals surface area contributed by atoms with Gasteiger partial charge in [-0.2, -0.15) is 0 Å². The fourth-order valence-corrected chi connectivity index (χ4v) is 2.98. The summed E-state index contributed by atoms with van der Waals surface area (Å²) in [5.41, 5.74) is 6.32. The number of nitrogen functional groups attached to an aromatic ring is 1. The van der Waals surface area contributed by atoms with E-state index >= 15 is 0 Å². The van der Waals surface area contributed by atoms with E-state index in [1.807, 2.05) is 10.3 Å². The van der Waals surface area contributed by atoms with Gasteiger partial charge in [-0.1, -0.05) is 6.08 Å². The number of anilines is 1. The number of nitrogens with two attached hydrogens (primary N) is 1. The molecule has 1 aromatic rings. The number of nitrogens with one attached hydrogen (secondary N) is 1. The second-order valence-electron chi connectivity index (χ2n) is 4.87. The summed E-state index contributed by atoms with van der Waals surface area (Å²) in [5, 5.41) is 4.57. The third-order valence-electron chi connectivity index (χ3n) is 3.36. The lowest BCUT2D eigenvalue weighted by Gasteiger charge is -2.34. The first-order valence-corrected chi connectivity index (χ1v) is 7.72. The molecule has 6 nitrogen and oxygen atoms in total. The van der Waals surface area contributed by atoms with E-state index in [0.29, 0.717) is 49.8 Å². The van der Waals surface area contributed by atoms with Gasteiger partial charge in [0.15, 0.2) is 0 Å². The topological polar surface area (TPSA) is 78.7 Å². The van der Waals surface area contributed by atoms with Crippen LogP contribution in [0.15, 0.2) is 24.1 Å². The van der Waals surface area contributed by atoms with Crippen LogP contribution >= 0.6 is 11.3 Å². The lowest BCUT2D eigenvalue weighted by Crippen LogP contribution is -2.51. The molecule has 3 N–H and O–H groups in total. The molecule has 0 atom stereocenters. The van der Waals surface area contributed by atoms with Crippen LogP contribution in [0.25, 0.3) is 0 Å². The van der Waals surface area contributed by atoms with E-state index < -0.39 is 0 Å². The standard InChI is InChI=1S/C14H20N4O2S/c1-2-4-16-12(19)10-17-5-7-18(8-6-17)14(20)13-11(15)3-9-21-13/h2-3,9H,1,4-8,10,15H2,(H,16,19). The molecular formula is C14H20N4O2S. The summed E-state index contributed by atoms with van der Waals surface area (Å²) in [6, 6.07) is 1.75. The minimum absolute atomic E-state index is 0.0155. The average Bonchev–Trinajstić information content (AvgIpc) is 2.91. The van der Waals surface area contributed by atoms with Gasteiger partial charge >= 0.3 is 0 Å². The Morgan fingerprint density at radius 1 is 1.38 bits per heavy atom. The number of amides is 2. The molecule has 1 fully saturated rings. The van der Waals surface area contributed by atoms with Crippen LogP contribution in [-0.4, -0.2) is 60.9 Å². The van der Waals surface area contributed by atoms with Gasteiger partial charge in [0.05, 0.1) is 12.2 Å². The molecule has 7 heteroatoms. The van der Waals surface area contributed by atoms with Gasteiger partial charge in [-0.25, -0.2) is 0 Å². The van der Waals surface area contributed by atoms with Crippen LogP contribution in [0.2, 0.25) is 0 Å². The summed E-state index contributed by atoms with van der Waals surface area (Å²) in [4.78, 5) is 28.4. The largest absolute Gasteiger partial charge is 0.397 e. The van der Waals surface area contributed by atoms with Crippen LogP contribution in [0.1, 0.15) is 9.67 Å². The fraction of sp³-hybridized carbons (Fsp3) is 0.429. The minimum atomic E-state index is -0.0165. The zero-order valence-electron chi connectivity index (χ0n) is 11.9. The summed E-state index contributed by atoms with van der Waals surface area (Å²) in [6.07, 6.45) is 1.65. The maximum absolute atomic E-state index is 12.3. The van der Waals surface area contributed by atoms with Crippen molar-refractivity contribution in [3.05, 3.63) is 29.0 Å². The quantitative estimate of drug-likeness (QED) is 0.771. The normalized spacial score (nSPS) is 15.7. The third kappa shape index (κ3) is 4.05. The molecule has 1 saturated heterocycles. The van der Waals surface area contributed by atoms with Crippen molar-refractivity contribution in [2.45, 2.75) is 0 Å². The van der Waals surface area contributed by atoms with E-state index in [1.165, 1.54) is 11.3 Å². The Morgan fingerprint density at radius 2 is 2.10 bits per heavy atom. The second kappa shape index (κ2) is 7.24. The number of hydrogen-bond donors (Lipinski definition) is 2. The van der Waals surface area contributed by atoms with Gasteiger partial charge in [-0.3, -0.25) is 14.5 Å². The number of piperazine rings is 1. The molecule has 0 aliphatic carbocycles. The fourth-order valence-electron chi connectivity index (χ4n) is 2.19. The Kier molecular flexibility index (Phi) is 5.35. The molecular weight excluding hydrogens is 288 g/mol. The molecule has 1 aromatic heterocycles. The molecule has 0 saturated carbocycles. The monoisotopic (exact) mass is 308 g/mol. The number of carbonyl (C=O) groups is 2. The number of rotatable bonds is 5. The van der Waals surface area contributed by atoms with Crippen LogP contribution in [0, 0.1) is 0 Å². The van der Waals surface area contributed by atoms with E-state index in [4.69, 9.17) is 5.73 Å². The van der Waals surface area contributed by atoms with E-state index in [9.17, 15) is 9.59 Å². The highest BCUT2D eigenvalue weighted by Gasteiger charge is 2.24. The van der Waals surface area contributed by atoms with Crippen LogP contribution < -0.4 is 11.1 Å². The molecule has 0 bridgehead atoms. The van der Waals surface area contributed by atoms with E-state index in [2.05, 4.69) is 11.9 Å². The van der Waals surface area contributed by atoms with Gasteiger partial charge in [0.2, 0.25) is 5.91 Å². The summed E-state index contributed by atoms with van der Waals surface area (Å²) in [7, 11) is 0. The maximum atomic E-state index is 12.3. The van der Waals surface area contributed by atoms with Crippen LogP contribution in [-0.2, 0) is 4.79 Å². The molecule has 0 spiro atoms. The first-order valence-electron chi connectivity index (χ1n) is 6.84. The van der Waals surface area contributed by atoms with Crippen molar-refractivity contribution in [1.29, 1.82) is 0 Å². The van der Waals surface area contributed by atoms with Crippen molar-refractivity contribution in [2.75, 3.05) is 45.0 Å². The molecule has 0 unspecified atom stereocenters. The van der Waals surface area contributed by atoms with E-state index in [-0.39, 0.29) is 11.8 Å². The highest BCUT2D eigenvalue weighted by molar-refractivity contribution is 7.12. The summed E-state index contributed by atoms with van der Waals surface area (Å²) in [5.74, 6) is -0.0320. The lowest BCUT2D eigenvalue weighted by atomic mass is 10.2. The molecule has 21 heavy (non-hydrogen) atoms. The summed E-state index contributed by atoms with van der Waals surface area (Å²) < 4.78 is 0. The molecule has 1 aliphatic rings. The van der Waals surface area contributed by atoms with Crippen molar-refractivity contribution in [2.24, 2.45) is 0 Å². The molecule has 1 aliphatic heterocycles. The molecule has 2 amide bonds. The smallest absolute Gasteiger partial charge is 0.266 e. The van der Waals surface area contributed by atoms with Crippen molar-refractivity contribution >= 4 is 28.8 Å². The van der Waals surface area contributed by atoms with Crippen molar-refractivity contribution in [3.63, 3.8) is 0 Å². The number of hydrogen-bond acceptors (Lipinski definition) is 5. The maximum Gasteiger partial charge on any atom is 0.266 e. The van der Waals surface area contributed by atoms with Crippen molar-refractivity contribution < 1.29 is 9.59 Å². The van der Waals surface area contributed by atoms with Gasteiger partial charge in [-0.05, 0) is 11.4 Å². The van der Waals surface area contributed by atoms with E-state index in [1.54, 1.807) is 17.0 Å². The van der Waals surface area contributed by atoms with Gasteiger partial charge in [-0.15, -0.1) is 17.9 Å². The van der Waals surface area contributed by atoms with Gasteiger partial charge in [0, 0.05) is 32.7 Å². The van der Waals surface area contributed by atoms with Crippen LogP contribution in [0.4, 0.5) is 5.69 Å². The average molecular weight is 308 g/mol. The lowest BCUT2D eigenvalue weighted by molar-refractivity contribution is -0.122. The number of thiophene rings is 1. The zero-order chi connectivity index (χ0) is 15.2. The Balaban J connectivity index is 1.80. The molecule has 2 rings (SSSR count). The highest BCUT2D eigenvalue weighted by Crippen LogP contribution is 2.21. The Morgan fingerprint density at radius 3 is 2.67 bits per heavy atom. The van der Waals surface area contributed by atoms with Crippen LogP contribution in [0.3, 0.4) is 0 Å². The first kappa shape index (κ1) is 15.5. The predicted molar refractivity (Wildman–Crippen MR) is 84.3 cm³/mol. The summed E-state index contributed by atoms with van der Waals surface area (Å²) in [6.45, 7) is 7.02. The van der Waals surface area contributed by atoms with Crippen molar-refractivity contribution in [1.82, 2.24) is 15.1 Å². The second-order valence-corrected chi connectivity index (χ2v) is 5.78. The summed E-state index contributed by atoms with van der Waals surface area (Å²) >= 11 is 1.37. The molecule has 114 valence electrons. The highest BCUT2D eigenvalue weighted by atomic mass is 32.1. The molecule has 0 aromatic carbocycles. The van der Waals surface area contributed by atoms with E-state index in [0.717, 1.165) is 0 Å². The van der Waals surface area contributed by atoms with Gasteiger partial charge < -0.3 is 16.0 Å². The Hall–Kier alpha value is -1.86. The molecule has 0 radical (unpaired) electrons. The van der Waals surface area contributed by atoms with Crippen LogP contribution in [0.5, 0.6) is 0 Å². The van der Waals surface area contributed by atoms with Gasteiger partial charge in [0.25, 0.3) is 5.91 Å². The molecule has 2 heterocycles. The zero-order valence-corrected chi connectivity index (χ0v) is 12.7.